The predicted molar refractivity (Wildman–Crippen MR) is 105 cm³/mol. The zero-order valence-corrected chi connectivity index (χ0v) is 17.6. The van der Waals surface area contributed by atoms with Crippen LogP contribution < -0.4 is 0 Å². The van der Waals surface area contributed by atoms with Crippen molar-refractivity contribution < 1.29 is 22.9 Å². The molecular weight excluding hydrogens is 400 g/mol. The molecule has 160 valence electrons. The highest BCUT2D eigenvalue weighted by atomic mass is 32.2. The summed E-state index contributed by atoms with van der Waals surface area (Å²) in [5.41, 5.74) is 0.146. The number of benzene rings is 1. The summed E-state index contributed by atoms with van der Waals surface area (Å²) in [4.78, 5) is 26.8. The molecule has 0 saturated carbocycles. The first-order valence-corrected chi connectivity index (χ1v) is 11.0. The lowest BCUT2D eigenvalue weighted by Crippen LogP contribution is -2.53. The van der Waals surface area contributed by atoms with Crippen molar-refractivity contribution in [3.63, 3.8) is 0 Å². The molecule has 0 unspecified atom stereocenters. The molecule has 0 aromatic heterocycles. The van der Waals surface area contributed by atoms with Crippen LogP contribution in [-0.2, 0) is 14.8 Å². The predicted octanol–water partition coefficient (Wildman–Crippen LogP) is 1.64. The Bertz CT molecular complexity index is 898. The highest BCUT2D eigenvalue weighted by molar-refractivity contribution is 7.89. The summed E-state index contributed by atoms with van der Waals surface area (Å²) in [6.45, 7) is 7.54. The molecule has 11 heteroatoms. The molecule has 0 N–H and O–H groups in total. The van der Waals surface area contributed by atoms with Gasteiger partial charge in [-0.05, 0) is 18.9 Å². The van der Waals surface area contributed by atoms with Gasteiger partial charge in [-0.1, -0.05) is 19.9 Å². The quantitative estimate of drug-likeness (QED) is 0.534. The number of ether oxygens (including phenoxy) is 1. The number of carbonyl (C=O) groups is 1. The van der Waals surface area contributed by atoms with Crippen molar-refractivity contribution in [3.05, 3.63) is 33.9 Å². The van der Waals surface area contributed by atoms with Gasteiger partial charge in [0.2, 0.25) is 10.0 Å². The van der Waals surface area contributed by atoms with Crippen molar-refractivity contribution in [2.24, 2.45) is 5.92 Å². The van der Waals surface area contributed by atoms with Gasteiger partial charge in [-0.3, -0.25) is 10.1 Å². The normalized spacial score (nSPS) is 21.0. The average Bonchev–Trinajstić information content (AvgIpc) is 3.14. The third-order valence-electron chi connectivity index (χ3n) is 5.28. The fourth-order valence-electron chi connectivity index (χ4n) is 3.81. The molecule has 2 fully saturated rings. The number of sulfonamides is 1. The smallest absolute Gasteiger partial charge is 0.321 e. The third-order valence-corrected chi connectivity index (χ3v) is 7.15. The maximum Gasteiger partial charge on any atom is 0.321 e. The second-order valence-corrected chi connectivity index (χ2v) is 9.44. The largest absolute Gasteiger partial charge is 0.378 e. The first-order valence-electron chi connectivity index (χ1n) is 9.54. The molecule has 3 rings (SSSR count). The van der Waals surface area contributed by atoms with Crippen molar-refractivity contribution >= 4 is 21.7 Å². The number of morpholine rings is 1. The minimum absolute atomic E-state index is 0.138. The van der Waals surface area contributed by atoms with Crippen LogP contribution in [0.15, 0.2) is 23.1 Å². The maximum absolute atomic E-state index is 13.3. The highest BCUT2D eigenvalue weighted by Gasteiger charge is 2.45. The van der Waals surface area contributed by atoms with Gasteiger partial charge in [-0.15, -0.1) is 0 Å². The van der Waals surface area contributed by atoms with Gasteiger partial charge in [-0.2, -0.15) is 4.31 Å². The van der Waals surface area contributed by atoms with Crippen molar-refractivity contribution in [2.75, 3.05) is 39.4 Å². The average molecular weight is 426 g/mol. The van der Waals surface area contributed by atoms with Gasteiger partial charge >= 0.3 is 6.03 Å². The molecule has 1 aromatic rings. The Balaban J connectivity index is 1.92. The van der Waals surface area contributed by atoms with E-state index < -0.39 is 21.1 Å². The molecule has 2 saturated heterocycles. The standard InChI is InChI=1S/C18H26N4O6S/c1-13(2)17-20(18(23)19-8-10-28-11-9-19)6-7-21(17)29(26,27)15-5-4-14(3)16(12-15)22(24)25/h4-5,12-13,17H,6-11H2,1-3H3/t17-/m1/s1. The minimum Gasteiger partial charge on any atom is -0.378 e. The van der Waals surface area contributed by atoms with Gasteiger partial charge in [-0.25, -0.2) is 13.2 Å². The van der Waals surface area contributed by atoms with Gasteiger partial charge < -0.3 is 14.5 Å². The van der Waals surface area contributed by atoms with Crippen LogP contribution >= 0.6 is 0 Å². The summed E-state index contributed by atoms with van der Waals surface area (Å²) in [6.07, 6.45) is -0.657. The number of rotatable bonds is 4. The fraction of sp³-hybridized carbons (Fsp3) is 0.611. The second-order valence-electron chi connectivity index (χ2n) is 7.55. The summed E-state index contributed by atoms with van der Waals surface area (Å²) < 4.78 is 33.2. The number of hydrogen-bond acceptors (Lipinski definition) is 6. The number of nitrogens with zero attached hydrogens (tertiary/aromatic N) is 4. The van der Waals surface area contributed by atoms with E-state index in [4.69, 9.17) is 4.74 Å². The minimum atomic E-state index is -4.01. The van der Waals surface area contributed by atoms with Crippen LogP contribution in [0.3, 0.4) is 0 Å². The molecule has 10 nitrogen and oxygen atoms in total. The Morgan fingerprint density at radius 1 is 1.21 bits per heavy atom. The van der Waals surface area contributed by atoms with E-state index in [-0.39, 0.29) is 35.6 Å². The lowest BCUT2D eigenvalue weighted by Gasteiger charge is -2.37. The molecule has 0 spiro atoms. The monoisotopic (exact) mass is 426 g/mol. The summed E-state index contributed by atoms with van der Waals surface area (Å²) in [5, 5.41) is 11.2. The van der Waals surface area contributed by atoms with Crippen molar-refractivity contribution in [1.29, 1.82) is 0 Å². The Morgan fingerprint density at radius 3 is 2.45 bits per heavy atom. The number of nitro benzene ring substituents is 1. The number of carbonyl (C=O) groups excluding carboxylic acids is 1. The molecule has 2 aliphatic rings. The maximum atomic E-state index is 13.3. The first-order chi connectivity index (χ1) is 13.6. The number of urea groups is 1. The highest BCUT2D eigenvalue weighted by Crippen LogP contribution is 2.31. The van der Waals surface area contributed by atoms with Crippen molar-refractivity contribution in [2.45, 2.75) is 31.8 Å². The number of aryl methyl sites for hydroxylation is 1. The molecule has 1 atom stereocenters. The molecule has 2 heterocycles. The summed E-state index contributed by atoms with van der Waals surface area (Å²) in [6, 6.07) is 3.69. The lowest BCUT2D eigenvalue weighted by atomic mass is 10.1. The van der Waals surface area contributed by atoms with Gasteiger partial charge in [0.25, 0.3) is 5.69 Å². The second kappa shape index (κ2) is 8.25. The van der Waals surface area contributed by atoms with Crippen LogP contribution in [0.1, 0.15) is 19.4 Å². The Hall–Kier alpha value is -2.24. The van der Waals surface area contributed by atoms with E-state index in [0.29, 0.717) is 31.9 Å². The summed E-state index contributed by atoms with van der Waals surface area (Å²) in [5.74, 6) is -0.155. The Kier molecular flexibility index (Phi) is 6.11. The van der Waals surface area contributed by atoms with E-state index in [1.165, 1.54) is 16.4 Å². The van der Waals surface area contributed by atoms with Crippen LogP contribution in [0, 0.1) is 23.0 Å². The Labute approximate surface area is 170 Å². The molecule has 2 aliphatic heterocycles. The van der Waals surface area contributed by atoms with E-state index in [1.807, 2.05) is 13.8 Å². The lowest BCUT2D eigenvalue weighted by molar-refractivity contribution is -0.385. The third kappa shape index (κ3) is 4.07. The fourth-order valence-corrected chi connectivity index (χ4v) is 5.54. The molecule has 1 aromatic carbocycles. The van der Waals surface area contributed by atoms with Gasteiger partial charge in [0.1, 0.15) is 6.17 Å². The first kappa shape index (κ1) is 21.5. The molecule has 0 aliphatic carbocycles. The van der Waals surface area contributed by atoms with E-state index >= 15 is 0 Å². The van der Waals surface area contributed by atoms with Crippen LogP contribution in [0.2, 0.25) is 0 Å². The molecule has 29 heavy (non-hydrogen) atoms. The topological polar surface area (TPSA) is 113 Å². The Morgan fingerprint density at radius 2 is 1.86 bits per heavy atom. The van der Waals surface area contributed by atoms with E-state index in [2.05, 4.69) is 0 Å². The number of amides is 2. The number of nitro groups is 1. The summed E-state index contributed by atoms with van der Waals surface area (Å²) in [7, 11) is -4.01. The van der Waals surface area contributed by atoms with Crippen molar-refractivity contribution in [1.82, 2.24) is 14.1 Å². The SMILES string of the molecule is Cc1ccc(S(=O)(=O)N2CCN(C(=O)N3CCOCC3)[C@H]2C(C)C)cc1[N+](=O)[O-]. The van der Waals surface area contributed by atoms with E-state index in [1.54, 1.807) is 16.7 Å². The molecular formula is C18H26N4O6S. The molecule has 0 bridgehead atoms. The molecule has 2 amide bonds. The van der Waals surface area contributed by atoms with E-state index in [0.717, 1.165) is 6.07 Å². The van der Waals surface area contributed by atoms with E-state index in [9.17, 15) is 23.3 Å². The zero-order chi connectivity index (χ0) is 21.3. The zero-order valence-electron chi connectivity index (χ0n) is 16.8. The van der Waals surface area contributed by atoms with Gasteiger partial charge in [0.05, 0.1) is 23.0 Å². The van der Waals surface area contributed by atoms with Gasteiger partial charge in [0.15, 0.2) is 0 Å². The summed E-state index contributed by atoms with van der Waals surface area (Å²) >= 11 is 0. The van der Waals surface area contributed by atoms with Gasteiger partial charge in [0, 0.05) is 37.8 Å². The van der Waals surface area contributed by atoms with Crippen LogP contribution in [0.25, 0.3) is 0 Å². The van der Waals surface area contributed by atoms with Crippen LogP contribution in [0.5, 0.6) is 0 Å². The number of hydrogen-bond donors (Lipinski definition) is 0. The molecule has 0 radical (unpaired) electrons. The van der Waals surface area contributed by atoms with Crippen molar-refractivity contribution in [3.8, 4) is 0 Å². The van der Waals surface area contributed by atoms with Crippen LogP contribution in [-0.4, -0.2) is 79.0 Å². The van der Waals surface area contributed by atoms with Crippen LogP contribution in [0.4, 0.5) is 10.5 Å².